The van der Waals surface area contributed by atoms with Crippen LogP contribution in [0.2, 0.25) is 0 Å². The first kappa shape index (κ1) is 26.7. The summed E-state index contributed by atoms with van der Waals surface area (Å²) in [5.74, 6) is -0.730. The minimum atomic E-state index is -3.81. The van der Waals surface area contributed by atoms with Gasteiger partial charge in [0.25, 0.3) is 0 Å². The molecule has 1 aromatic carbocycles. The third kappa shape index (κ3) is 5.62. The predicted octanol–water partition coefficient (Wildman–Crippen LogP) is 2.27. The predicted molar refractivity (Wildman–Crippen MR) is 142 cm³/mol. The van der Waals surface area contributed by atoms with E-state index in [-0.39, 0.29) is 24.6 Å². The summed E-state index contributed by atoms with van der Waals surface area (Å²) >= 11 is 0. The molecule has 1 N–H and O–H groups in total. The van der Waals surface area contributed by atoms with Crippen LogP contribution in [0, 0.1) is 0 Å². The lowest BCUT2D eigenvalue weighted by atomic mass is 10.1. The van der Waals surface area contributed by atoms with Crippen LogP contribution in [0.4, 0.5) is 4.79 Å². The Labute approximate surface area is 226 Å². The van der Waals surface area contributed by atoms with Gasteiger partial charge in [-0.05, 0) is 48.7 Å². The van der Waals surface area contributed by atoms with Crippen LogP contribution in [0.25, 0.3) is 10.9 Å². The van der Waals surface area contributed by atoms with Crippen LogP contribution < -0.4 is 10.1 Å². The average Bonchev–Trinajstić information content (AvgIpc) is 3.50. The number of Topliss-reactive ketones (excluding diaryl/α,β-unsaturated/α-hetero) is 1. The van der Waals surface area contributed by atoms with Crippen LogP contribution in [0.15, 0.2) is 61.1 Å². The number of sulfonamides is 1. The standard InChI is InChI=1S/C27H29N5O6S/c1-2-5-22(30-27(35)38-20-8-9-21-19(14-20)7-4-12-29-21)26(34)31-13-10-23-25(31)24(33)16-32(23)39(36,37)17-18-6-3-11-28-15-18/h3-4,6-9,11-12,14-15,22-23,25H,2,5,10,13,16-17H2,1H3,(H,30,35). The van der Waals surface area contributed by atoms with Crippen LogP contribution >= 0.6 is 0 Å². The molecule has 12 heteroatoms. The summed E-state index contributed by atoms with van der Waals surface area (Å²) in [4.78, 5) is 48.9. The smallest absolute Gasteiger partial charge is 0.410 e. The second kappa shape index (κ2) is 11.1. The number of aromatic nitrogens is 2. The first-order chi connectivity index (χ1) is 18.8. The molecule has 4 heterocycles. The molecular weight excluding hydrogens is 522 g/mol. The van der Waals surface area contributed by atoms with E-state index in [2.05, 4.69) is 15.3 Å². The number of carbonyl (C=O) groups excluding carboxylic acids is 3. The lowest BCUT2D eigenvalue weighted by Crippen LogP contribution is -2.53. The number of nitrogens with one attached hydrogen (secondary N) is 1. The van der Waals surface area contributed by atoms with E-state index >= 15 is 0 Å². The summed E-state index contributed by atoms with van der Waals surface area (Å²) in [5, 5.41) is 3.44. The number of nitrogens with zero attached hydrogens (tertiary/aromatic N) is 4. The Morgan fingerprint density at radius 2 is 2.00 bits per heavy atom. The van der Waals surface area contributed by atoms with E-state index in [1.54, 1.807) is 48.8 Å². The molecule has 2 amide bonds. The zero-order chi connectivity index (χ0) is 27.6. The van der Waals surface area contributed by atoms with E-state index < -0.39 is 40.1 Å². The molecule has 3 aromatic rings. The zero-order valence-electron chi connectivity index (χ0n) is 21.4. The van der Waals surface area contributed by atoms with Crippen molar-refractivity contribution < 1.29 is 27.5 Å². The van der Waals surface area contributed by atoms with Crippen molar-refractivity contribution in [3.05, 3.63) is 66.6 Å². The number of hydrogen-bond donors (Lipinski definition) is 1. The van der Waals surface area contributed by atoms with Gasteiger partial charge in [0, 0.05) is 30.5 Å². The Morgan fingerprint density at radius 1 is 1.18 bits per heavy atom. The van der Waals surface area contributed by atoms with Crippen LogP contribution in [0.1, 0.15) is 31.7 Å². The molecular formula is C27H29N5O6S. The normalized spacial score (nSPS) is 20.1. The lowest BCUT2D eigenvalue weighted by molar-refractivity contribution is -0.138. The van der Waals surface area contributed by atoms with Gasteiger partial charge in [0.05, 0.1) is 23.9 Å². The van der Waals surface area contributed by atoms with E-state index in [9.17, 15) is 22.8 Å². The summed E-state index contributed by atoms with van der Waals surface area (Å²) in [6.45, 7) is 1.81. The summed E-state index contributed by atoms with van der Waals surface area (Å²) in [6.07, 6.45) is 5.18. The van der Waals surface area contributed by atoms with E-state index in [4.69, 9.17) is 4.74 Å². The quantitative estimate of drug-likeness (QED) is 0.450. The number of ketones is 1. The van der Waals surface area contributed by atoms with Gasteiger partial charge < -0.3 is 15.0 Å². The Bertz CT molecular complexity index is 1500. The molecule has 3 atom stereocenters. The Morgan fingerprint density at radius 3 is 2.77 bits per heavy atom. The number of amides is 2. The van der Waals surface area contributed by atoms with Gasteiger partial charge in [-0.1, -0.05) is 25.5 Å². The minimum Gasteiger partial charge on any atom is -0.410 e. The highest BCUT2D eigenvalue weighted by Crippen LogP contribution is 2.33. The fraction of sp³-hybridized carbons (Fsp3) is 0.370. The highest BCUT2D eigenvalue weighted by molar-refractivity contribution is 7.88. The topological polar surface area (TPSA) is 139 Å². The van der Waals surface area contributed by atoms with Crippen molar-refractivity contribution >= 4 is 38.7 Å². The van der Waals surface area contributed by atoms with E-state index in [0.717, 1.165) is 10.9 Å². The largest absolute Gasteiger partial charge is 0.413 e. The molecule has 0 saturated carbocycles. The number of rotatable bonds is 8. The molecule has 0 bridgehead atoms. The summed E-state index contributed by atoms with van der Waals surface area (Å²) < 4.78 is 33.0. The first-order valence-electron chi connectivity index (χ1n) is 12.8. The van der Waals surface area contributed by atoms with E-state index in [1.165, 1.54) is 15.4 Å². The second-order valence-corrected chi connectivity index (χ2v) is 11.6. The van der Waals surface area contributed by atoms with Gasteiger partial charge in [-0.25, -0.2) is 13.2 Å². The first-order valence-corrected chi connectivity index (χ1v) is 14.4. The monoisotopic (exact) mass is 551 g/mol. The lowest BCUT2D eigenvalue weighted by Gasteiger charge is -2.28. The summed E-state index contributed by atoms with van der Waals surface area (Å²) in [7, 11) is -3.81. The number of carbonyl (C=O) groups is 3. The van der Waals surface area contributed by atoms with Crippen molar-refractivity contribution in [2.75, 3.05) is 13.1 Å². The maximum Gasteiger partial charge on any atom is 0.413 e. The number of fused-ring (bicyclic) bond motifs is 2. The van der Waals surface area contributed by atoms with Gasteiger partial charge in [-0.15, -0.1) is 0 Å². The molecule has 2 saturated heterocycles. The SMILES string of the molecule is CCCC(NC(=O)Oc1ccc2ncccc2c1)C(=O)N1CCC2C1C(=O)CN2S(=O)(=O)Cc1cccnc1. The van der Waals surface area contributed by atoms with Gasteiger partial charge in [0.1, 0.15) is 17.8 Å². The molecule has 2 aliphatic heterocycles. The molecule has 2 aliphatic rings. The van der Waals surface area contributed by atoms with Crippen LogP contribution in [0.5, 0.6) is 5.75 Å². The molecule has 2 fully saturated rings. The molecule has 11 nitrogen and oxygen atoms in total. The van der Waals surface area contributed by atoms with Gasteiger partial charge >= 0.3 is 6.09 Å². The fourth-order valence-corrected chi connectivity index (χ4v) is 7.02. The Hall–Kier alpha value is -3.90. The van der Waals surface area contributed by atoms with Crippen LogP contribution in [0.3, 0.4) is 0 Å². The summed E-state index contributed by atoms with van der Waals surface area (Å²) in [5.41, 5.74) is 1.28. The van der Waals surface area contributed by atoms with Crippen molar-refractivity contribution in [3.63, 3.8) is 0 Å². The van der Waals surface area contributed by atoms with Gasteiger partial charge in [0.2, 0.25) is 15.9 Å². The number of benzene rings is 1. The highest BCUT2D eigenvalue weighted by Gasteiger charge is 2.54. The van der Waals surface area contributed by atoms with Crippen molar-refractivity contribution in [2.24, 2.45) is 0 Å². The Balaban J connectivity index is 1.27. The third-order valence-electron chi connectivity index (χ3n) is 7.04. The van der Waals surface area contributed by atoms with Crippen LogP contribution in [-0.4, -0.2) is 76.6 Å². The molecule has 0 aliphatic carbocycles. The maximum atomic E-state index is 13.6. The molecule has 204 valence electrons. The average molecular weight is 552 g/mol. The van der Waals surface area contributed by atoms with E-state index in [0.29, 0.717) is 30.6 Å². The molecule has 5 rings (SSSR count). The highest BCUT2D eigenvalue weighted by atomic mass is 32.2. The number of pyridine rings is 2. The van der Waals surface area contributed by atoms with Crippen molar-refractivity contribution in [2.45, 2.75) is 50.1 Å². The third-order valence-corrected chi connectivity index (χ3v) is 8.85. The molecule has 3 unspecified atom stereocenters. The zero-order valence-corrected chi connectivity index (χ0v) is 22.2. The molecule has 39 heavy (non-hydrogen) atoms. The fourth-order valence-electron chi connectivity index (χ4n) is 5.30. The number of ether oxygens (including phenoxy) is 1. The van der Waals surface area contributed by atoms with Gasteiger partial charge in [-0.3, -0.25) is 19.6 Å². The van der Waals surface area contributed by atoms with Crippen molar-refractivity contribution in [3.8, 4) is 5.75 Å². The second-order valence-electron chi connectivity index (χ2n) is 9.69. The molecule has 2 aromatic heterocycles. The van der Waals surface area contributed by atoms with Gasteiger partial charge in [0.15, 0.2) is 5.78 Å². The minimum absolute atomic E-state index is 0.216. The van der Waals surface area contributed by atoms with Crippen molar-refractivity contribution in [1.82, 2.24) is 24.5 Å². The van der Waals surface area contributed by atoms with Crippen molar-refractivity contribution in [1.29, 1.82) is 0 Å². The maximum absolute atomic E-state index is 13.6. The number of hydrogen-bond acceptors (Lipinski definition) is 8. The van der Waals surface area contributed by atoms with Crippen LogP contribution in [-0.2, 0) is 25.4 Å². The van der Waals surface area contributed by atoms with E-state index in [1.807, 2.05) is 13.0 Å². The van der Waals surface area contributed by atoms with Gasteiger partial charge in [-0.2, -0.15) is 4.31 Å². The number of likely N-dealkylation sites (tertiary alicyclic amines) is 1. The molecule has 0 spiro atoms. The molecule has 0 radical (unpaired) electrons. The Kier molecular flexibility index (Phi) is 7.58. The summed E-state index contributed by atoms with van der Waals surface area (Å²) in [6, 6.07) is 9.54.